The number of hydrogen-bond donors (Lipinski definition) is 0. The maximum Gasteiger partial charge on any atom is 0.150 e. The van der Waals surface area contributed by atoms with E-state index < -0.39 is 0 Å². The molecule has 0 unspecified atom stereocenters. The van der Waals surface area contributed by atoms with Gasteiger partial charge in [0.2, 0.25) is 0 Å². The van der Waals surface area contributed by atoms with Crippen molar-refractivity contribution < 1.29 is 9.53 Å². The quantitative estimate of drug-likeness (QED) is 0.735. The van der Waals surface area contributed by atoms with Gasteiger partial charge in [0.1, 0.15) is 5.75 Å². The van der Waals surface area contributed by atoms with Crippen LogP contribution >= 0.6 is 0 Å². The smallest absolute Gasteiger partial charge is 0.150 e. The number of aldehydes is 1. The molecule has 0 atom stereocenters. The molecule has 0 aliphatic carbocycles. The van der Waals surface area contributed by atoms with Crippen molar-refractivity contribution in [1.82, 2.24) is 4.98 Å². The molecule has 0 N–H and O–H groups in total. The van der Waals surface area contributed by atoms with Crippen molar-refractivity contribution in [2.45, 2.75) is 0 Å². The molecule has 2 rings (SSSR count). The minimum atomic E-state index is 0.582. The van der Waals surface area contributed by atoms with Crippen LogP contribution in [0, 0.1) is 0 Å². The Kier molecular flexibility index (Phi) is 2.96. The molecule has 0 amide bonds. The van der Waals surface area contributed by atoms with E-state index in [1.165, 1.54) is 0 Å². The number of hydrogen-bond acceptors (Lipinski definition) is 3. The van der Waals surface area contributed by atoms with Gasteiger partial charge in [-0.2, -0.15) is 0 Å². The second-order valence-electron chi connectivity index (χ2n) is 3.29. The maximum absolute atomic E-state index is 11.0. The second-order valence-corrected chi connectivity index (χ2v) is 3.29. The summed E-state index contributed by atoms with van der Waals surface area (Å²) in [6.45, 7) is 0. The summed E-state index contributed by atoms with van der Waals surface area (Å²) < 4.78 is 5.07. The lowest BCUT2D eigenvalue weighted by atomic mass is 10.0. The van der Waals surface area contributed by atoms with Gasteiger partial charge in [0.25, 0.3) is 0 Å². The van der Waals surface area contributed by atoms with E-state index in [1.807, 2.05) is 30.3 Å². The molecule has 0 radical (unpaired) electrons. The first-order valence-corrected chi connectivity index (χ1v) is 4.90. The molecule has 0 bridgehead atoms. The third-order valence-electron chi connectivity index (χ3n) is 2.33. The number of methoxy groups -OCH3 is 1. The Morgan fingerprint density at radius 3 is 2.75 bits per heavy atom. The van der Waals surface area contributed by atoms with E-state index in [-0.39, 0.29) is 0 Å². The van der Waals surface area contributed by atoms with Crippen LogP contribution in [0.15, 0.2) is 42.6 Å². The summed E-state index contributed by atoms with van der Waals surface area (Å²) in [5, 5.41) is 0. The number of nitrogens with zero attached hydrogens (tertiary/aromatic N) is 1. The van der Waals surface area contributed by atoms with Gasteiger partial charge in [0, 0.05) is 17.3 Å². The molecule has 0 aliphatic rings. The van der Waals surface area contributed by atoms with Gasteiger partial charge in [-0.15, -0.1) is 0 Å². The van der Waals surface area contributed by atoms with Crippen LogP contribution in [-0.2, 0) is 0 Å². The zero-order valence-corrected chi connectivity index (χ0v) is 8.88. The van der Waals surface area contributed by atoms with Crippen molar-refractivity contribution in [1.29, 1.82) is 0 Å². The first-order chi connectivity index (χ1) is 7.85. The number of carbonyl (C=O) groups excluding carboxylic acids is 1. The molecule has 16 heavy (non-hydrogen) atoms. The monoisotopic (exact) mass is 213 g/mol. The normalized spacial score (nSPS) is 9.81. The SMILES string of the molecule is COc1ccc(-c2ccccn2)c(C=O)c1. The lowest BCUT2D eigenvalue weighted by Crippen LogP contribution is -1.91. The van der Waals surface area contributed by atoms with Gasteiger partial charge in [-0.3, -0.25) is 9.78 Å². The highest BCUT2D eigenvalue weighted by Crippen LogP contribution is 2.24. The van der Waals surface area contributed by atoms with Crippen molar-refractivity contribution >= 4 is 6.29 Å². The highest BCUT2D eigenvalue weighted by atomic mass is 16.5. The number of carbonyl (C=O) groups is 1. The summed E-state index contributed by atoms with van der Waals surface area (Å²) >= 11 is 0. The summed E-state index contributed by atoms with van der Waals surface area (Å²) in [5.74, 6) is 0.668. The third kappa shape index (κ3) is 1.93. The zero-order chi connectivity index (χ0) is 11.4. The number of benzene rings is 1. The highest BCUT2D eigenvalue weighted by molar-refractivity contribution is 5.87. The Labute approximate surface area is 93.7 Å². The van der Waals surface area contributed by atoms with Crippen LogP contribution < -0.4 is 4.74 Å². The Bertz CT molecular complexity index is 495. The Morgan fingerprint density at radius 2 is 2.12 bits per heavy atom. The number of pyridine rings is 1. The van der Waals surface area contributed by atoms with Crippen molar-refractivity contribution in [3.63, 3.8) is 0 Å². The third-order valence-corrected chi connectivity index (χ3v) is 2.33. The number of ether oxygens (including phenoxy) is 1. The van der Waals surface area contributed by atoms with Gasteiger partial charge in [-0.1, -0.05) is 6.07 Å². The minimum absolute atomic E-state index is 0.582. The lowest BCUT2D eigenvalue weighted by molar-refractivity contribution is 0.112. The first kappa shape index (κ1) is 10.4. The van der Waals surface area contributed by atoms with Gasteiger partial charge in [-0.05, 0) is 30.3 Å². The summed E-state index contributed by atoms with van der Waals surface area (Å²) in [7, 11) is 1.57. The molecule has 0 fully saturated rings. The molecule has 2 aromatic rings. The average molecular weight is 213 g/mol. The highest BCUT2D eigenvalue weighted by Gasteiger charge is 2.06. The number of rotatable bonds is 3. The largest absolute Gasteiger partial charge is 0.497 e. The predicted molar refractivity (Wildman–Crippen MR) is 61.6 cm³/mol. The van der Waals surface area contributed by atoms with Gasteiger partial charge in [0.15, 0.2) is 6.29 Å². The second kappa shape index (κ2) is 4.57. The average Bonchev–Trinajstić information content (AvgIpc) is 2.39. The maximum atomic E-state index is 11.0. The molecule has 0 spiro atoms. The van der Waals surface area contributed by atoms with Crippen molar-refractivity contribution in [2.75, 3.05) is 7.11 Å². The van der Waals surface area contributed by atoms with Gasteiger partial charge < -0.3 is 4.74 Å². The van der Waals surface area contributed by atoms with Crippen molar-refractivity contribution in [3.05, 3.63) is 48.2 Å². The Balaban J connectivity index is 2.53. The minimum Gasteiger partial charge on any atom is -0.497 e. The molecule has 80 valence electrons. The van der Waals surface area contributed by atoms with E-state index >= 15 is 0 Å². The van der Waals surface area contributed by atoms with Crippen molar-refractivity contribution in [3.8, 4) is 17.0 Å². The molecule has 1 aromatic heterocycles. The topological polar surface area (TPSA) is 39.2 Å². The predicted octanol–water partition coefficient (Wildman–Crippen LogP) is 2.57. The molecule has 1 aromatic carbocycles. The van der Waals surface area contributed by atoms with Crippen LogP contribution in [0.1, 0.15) is 10.4 Å². The fraction of sp³-hybridized carbons (Fsp3) is 0.0769. The zero-order valence-electron chi connectivity index (χ0n) is 8.88. The van der Waals surface area contributed by atoms with Crippen LogP contribution in [0.5, 0.6) is 5.75 Å². The molecule has 0 saturated heterocycles. The van der Waals surface area contributed by atoms with E-state index in [9.17, 15) is 4.79 Å². The molecule has 3 heteroatoms. The molecular formula is C13H11NO2. The first-order valence-electron chi connectivity index (χ1n) is 4.90. The van der Waals surface area contributed by atoms with Crippen LogP contribution in [0.4, 0.5) is 0 Å². The van der Waals surface area contributed by atoms with Crippen LogP contribution in [0.2, 0.25) is 0 Å². The molecule has 1 heterocycles. The van der Waals surface area contributed by atoms with E-state index in [2.05, 4.69) is 4.98 Å². The summed E-state index contributed by atoms with van der Waals surface area (Å²) in [6, 6.07) is 11.0. The van der Waals surface area contributed by atoms with E-state index in [4.69, 9.17) is 4.74 Å². The summed E-state index contributed by atoms with van der Waals surface area (Å²) in [4.78, 5) is 15.2. The number of aromatic nitrogens is 1. The van der Waals surface area contributed by atoms with E-state index in [0.29, 0.717) is 11.3 Å². The van der Waals surface area contributed by atoms with E-state index in [1.54, 1.807) is 19.4 Å². The lowest BCUT2D eigenvalue weighted by Gasteiger charge is -2.06. The molecule has 0 saturated carbocycles. The van der Waals surface area contributed by atoms with Gasteiger partial charge in [-0.25, -0.2) is 0 Å². The summed E-state index contributed by atoms with van der Waals surface area (Å²) in [5.41, 5.74) is 2.18. The van der Waals surface area contributed by atoms with Crippen LogP contribution in [0.25, 0.3) is 11.3 Å². The van der Waals surface area contributed by atoms with Gasteiger partial charge in [0.05, 0.1) is 12.8 Å². The summed E-state index contributed by atoms with van der Waals surface area (Å²) in [6.07, 6.45) is 2.51. The molecule has 3 nitrogen and oxygen atoms in total. The Morgan fingerprint density at radius 1 is 1.25 bits per heavy atom. The fourth-order valence-electron chi connectivity index (χ4n) is 1.52. The van der Waals surface area contributed by atoms with Crippen molar-refractivity contribution in [2.24, 2.45) is 0 Å². The fourth-order valence-corrected chi connectivity index (χ4v) is 1.52. The molecule has 0 aliphatic heterocycles. The van der Waals surface area contributed by atoms with Gasteiger partial charge >= 0.3 is 0 Å². The molecular weight excluding hydrogens is 202 g/mol. The van der Waals surface area contributed by atoms with Crippen LogP contribution in [-0.4, -0.2) is 18.4 Å². The standard InChI is InChI=1S/C13H11NO2/c1-16-11-5-6-12(10(8-11)9-15)13-4-2-3-7-14-13/h2-9H,1H3. The van der Waals surface area contributed by atoms with Crippen LogP contribution in [0.3, 0.4) is 0 Å². The van der Waals surface area contributed by atoms with E-state index in [0.717, 1.165) is 17.5 Å². The Hall–Kier alpha value is -2.16.